The molecule has 0 saturated carbocycles. The minimum absolute atomic E-state index is 0.659. The van der Waals surface area contributed by atoms with Crippen LogP contribution in [0, 0.1) is 0 Å². The first-order valence-electron chi connectivity index (χ1n) is 5.77. The molecule has 0 spiro atoms. The molecule has 2 rings (SSSR count). The minimum Gasteiger partial charge on any atom is -0.297 e. The minimum atomic E-state index is 0.659. The smallest absolute Gasteiger partial charge is 0.193 e. The van der Waals surface area contributed by atoms with Crippen molar-refractivity contribution in [3.63, 3.8) is 0 Å². The van der Waals surface area contributed by atoms with Gasteiger partial charge in [-0.15, -0.1) is 11.3 Å². The van der Waals surface area contributed by atoms with Crippen molar-refractivity contribution in [2.45, 2.75) is 45.4 Å². The Balaban J connectivity index is 2.22. The quantitative estimate of drug-likeness (QED) is 0.745. The average molecular weight is 222 g/mol. The van der Waals surface area contributed by atoms with Crippen LogP contribution in [0.3, 0.4) is 0 Å². The summed E-state index contributed by atoms with van der Waals surface area (Å²) in [5, 5.41) is 2.08. The van der Waals surface area contributed by atoms with Gasteiger partial charge < -0.3 is 0 Å². The highest BCUT2D eigenvalue weighted by atomic mass is 32.1. The molecule has 82 valence electrons. The van der Waals surface area contributed by atoms with Crippen LogP contribution in [0.4, 0.5) is 0 Å². The van der Waals surface area contributed by atoms with Gasteiger partial charge in [-0.05, 0) is 12.8 Å². The third kappa shape index (κ3) is 2.23. The summed E-state index contributed by atoms with van der Waals surface area (Å²) in [6.07, 6.45) is 9.30. The number of hydrogen-bond acceptors (Lipinski definition) is 2. The van der Waals surface area contributed by atoms with E-state index < -0.39 is 0 Å². The van der Waals surface area contributed by atoms with E-state index in [9.17, 15) is 0 Å². The zero-order chi connectivity index (χ0) is 10.7. The van der Waals surface area contributed by atoms with E-state index in [0.29, 0.717) is 5.92 Å². The van der Waals surface area contributed by atoms with Crippen LogP contribution in [0.2, 0.25) is 0 Å². The maximum absolute atomic E-state index is 4.69. The molecule has 2 aromatic rings. The lowest BCUT2D eigenvalue weighted by molar-refractivity contribution is 0.551. The van der Waals surface area contributed by atoms with Crippen molar-refractivity contribution in [3.8, 4) is 0 Å². The molecule has 0 aliphatic heterocycles. The van der Waals surface area contributed by atoms with Gasteiger partial charge in [-0.1, -0.05) is 26.7 Å². The van der Waals surface area contributed by atoms with Gasteiger partial charge in [0.25, 0.3) is 0 Å². The molecule has 2 heterocycles. The van der Waals surface area contributed by atoms with Crippen molar-refractivity contribution in [1.82, 2.24) is 9.38 Å². The lowest BCUT2D eigenvalue weighted by Gasteiger charge is -2.11. The first kappa shape index (κ1) is 10.7. The summed E-state index contributed by atoms with van der Waals surface area (Å²) >= 11 is 1.71. The lowest BCUT2D eigenvalue weighted by Crippen LogP contribution is -1.98. The Morgan fingerprint density at radius 3 is 2.67 bits per heavy atom. The average Bonchev–Trinajstić information content (AvgIpc) is 2.76. The van der Waals surface area contributed by atoms with Crippen LogP contribution in [0.5, 0.6) is 0 Å². The molecule has 0 amide bonds. The molecule has 2 nitrogen and oxygen atoms in total. The molecule has 0 aliphatic carbocycles. The summed E-state index contributed by atoms with van der Waals surface area (Å²) in [6.45, 7) is 4.50. The van der Waals surface area contributed by atoms with Gasteiger partial charge in [0.05, 0.1) is 5.69 Å². The number of hydrogen-bond donors (Lipinski definition) is 0. The maximum atomic E-state index is 4.69. The topological polar surface area (TPSA) is 17.3 Å². The van der Waals surface area contributed by atoms with Crippen molar-refractivity contribution >= 4 is 16.3 Å². The standard InChI is InChI=1S/C12H18N2S/c1-3-5-10(6-4-2)11-9-14-7-8-15-12(14)13-11/h7-10H,3-6H2,1-2H3. The van der Waals surface area contributed by atoms with Crippen LogP contribution >= 0.6 is 11.3 Å². The molecule has 0 saturated heterocycles. The molecule has 2 aromatic heterocycles. The van der Waals surface area contributed by atoms with Gasteiger partial charge in [-0.25, -0.2) is 4.98 Å². The number of thiazole rings is 1. The summed E-state index contributed by atoms with van der Waals surface area (Å²) in [5.41, 5.74) is 1.28. The van der Waals surface area contributed by atoms with Gasteiger partial charge in [-0.3, -0.25) is 4.40 Å². The van der Waals surface area contributed by atoms with E-state index in [0.717, 1.165) is 4.96 Å². The van der Waals surface area contributed by atoms with Crippen molar-refractivity contribution < 1.29 is 0 Å². The largest absolute Gasteiger partial charge is 0.297 e. The highest BCUT2D eigenvalue weighted by molar-refractivity contribution is 7.15. The van der Waals surface area contributed by atoms with Gasteiger partial charge in [0.2, 0.25) is 0 Å². The van der Waals surface area contributed by atoms with Crippen LogP contribution in [0.1, 0.15) is 51.1 Å². The second kappa shape index (κ2) is 4.79. The van der Waals surface area contributed by atoms with Crippen molar-refractivity contribution in [2.24, 2.45) is 0 Å². The second-order valence-electron chi connectivity index (χ2n) is 4.03. The van der Waals surface area contributed by atoms with Crippen LogP contribution < -0.4 is 0 Å². The van der Waals surface area contributed by atoms with E-state index in [1.165, 1.54) is 31.4 Å². The third-order valence-corrected chi connectivity index (χ3v) is 3.58. The fraction of sp³-hybridized carbons (Fsp3) is 0.583. The highest BCUT2D eigenvalue weighted by Crippen LogP contribution is 2.26. The van der Waals surface area contributed by atoms with Gasteiger partial charge >= 0.3 is 0 Å². The number of imidazole rings is 1. The molecular weight excluding hydrogens is 204 g/mol. The van der Waals surface area contributed by atoms with E-state index in [4.69, 9.17) is 4.98 Å². The molecule has 0 unspecified atom stereocenters. The molecule has 0 aliphatic rings. The Hall–Kier alpha value is -0.830. The van der Waals surface area contributed by atoms with E-state index >= 15 is 0 Å². The van der Waals surface area contributed by atoms with Crippen molar-refractivity contribution in [2.75, 3.05) is 0 Å². The molecule has 15 heavy (non-hydrogen) atoms. The third-order valence-electron chi connectivity index (χ3n) is 2.80. The number of rotatable bonds is 5. The second-order valence-corrected chi connectivity index (χ2v) is 4.91. The predicted octanol–water partition coefficient (Wildman–Crippen LogP) is 4.08. The van der Waals surface area contributed by atoms with Crippen molar-refractivity contribution in [1.29, 1.82) is 0 Å². The molecule has 0 aromatic carbocycles. The molecule has 0 atom stereocenters. The first-order valence-corrected chi connectivity index (χ1v) is 6.65. The predicted molar refractivity (Wildman–Crippen MR) is 65.6 cm³/mol. The van der Waals surface area contributed by atoms with Crippen LogP contribution in [0.15, 0.2) is 17.8 Å². The molecule has 0 N–H and O–H groups in total. The summed E-state index contributed by atoms with van der Waals surface area (Å²) in [7, 11) is 0. The number of nitrogens with zero attached hydrogens (tertiary/aromatic N) is 2. The molecule has 0 bridgehead atoms. The number of fused-ring (bicyclic) bond motifs is 1. The monoisotopic (exact) mass is 222 g/mol. The summed E-state index contributed by atoms with van der Waals surface area (Å²) in [5.74, 6) is 0.659. The Kier molecular flexibility index (Phi) is 3.41. The van der Waals surface area contributed by atoms with E-state index in [-0.39, 0.29) is 0 Å². The molecule has 3 heteroatoms. The van der Waals surface area contributed by atoms with Gasteiger partial charge in [0, 0.05) is 23.7 Å². The van der Waals surface area contributed by atoms with Crippen molar-refractivity contribution in [3.05, 3.63) is 23.5 Å². The van der Waals surface area contributed by atoms with Crippen LogP contribution in [0.25, 0.3) is 4.96 Å². The van der Waals surface area contributed by atoms with E-state index in [1.54, 1.807) is 11.3 Å². The Morgan fingerprint density at radius 1 is 1.33 bits per heavy atom. The summed E-state index contributed by atoms with van der Waals surface area (Å²) in [4.78, 5) is 5.82. The SMILES string of the molecule is CCCC(CCC)c1cn2ccsc2n1. The fourth-order valence-electron chi connectivity index (χ4n) is 2.08. The Morgan fingerprint density at radius 2 is 2.07 bits per heavy atom. The summed E-state index contributed by atoms with van der Waals surface area (Å²) < 4.78 is 2.14. The van der Waals surface area contributed by atoms with E-state index in [2.05, 4.69) is 36.0 Å². The van der Waals surface area contributed by atoms with E-state index in [1.807, 2.05) is 0 Å². The van der Waals surface area contributed by atoms with Gasteiger partial charge in [-0.2, -0.15) is 0 Å². The summed E-state index contributed by atoms with van der Waals surface area (Å²) in [6, 6.07) is 0. The zero-order valence-corrected chi connectivity index (χ0v) is 10.3. The Labute approximate surface area is 95.0 Å². The molecular formula is C12H18N2S. The Bertz CT molecular complexity index is 381. The highest BCUT2D eigenvalue weighted by Gasteiger charge is 2.13. The van der Waals surface area contributed by atoms with Gasteiger partial charge in [0.1, 0.15) is 0 Å². The van der Waals surface area contributed by atoms with Crippen LogP contribution in [-0.2, 0) is 0 Å². The van der Waals surface area contributed by atoms with Gasteiger partial charge in [0.15, 0.2) is 4.96 Å². The molecule has 0 fully saturated rings. The fourth-order valence-corrected chi connectivity index (χ4v) is 2.79. The first-order chi connectivity index (χ1) is 7.35. The maximum Gasteiger partial charge on any atom is 0.193 e. The van der Waals surface area contributed by atoms with Crippen LogP contribution in [-0.4, -0.2) is 9.38 Å². The lowest BCUT2D eigenvalue weighted by atomic mass is 9.95. The normalized spacial score (nSPS) is 11.7. The number of aromatic nitrogens is 2. The molecule has 0 radical (unpaired) electrons. The zero-order valence-electron chi connectivity index (χ0n) is 9.44.